The predicted molar refractivity (Wildman–Crippen MR) is 84.6 cm³/mol. The highest BCUT2D eigenvalue weighted by molar-refractivity contribution is 5.20. The van der Waals surface area contributed by atoms with Gasteiger partial charge in [0.15, 0.2) is 0 Å². The summed E-state index contributed by atoms with van der Waals surface area (Å²) in [4.78, 5) is 0. The van der Waals surface area contributed by atoms with Gasteiger partial charge in [-0.2, -0.15) is 0 Å². The molecular formula is C18H29NO. The van der Waals surface area contributed by atoms with Gasteiger partial charge in [0.2, 0.25) is 0 Å². The summed E-state index contributed by atoms with van der Waals surface area (Å²) in [6.45, 7) is 11.2. The monoisotopic (exact) mass is 275 g/mol. The molecule has 1 saturated carbocycles. The summed E-state index contributed by atoms with van der Waals surface area (Å²) < 4.78 is 0. The Morgan fingerprint density at radius 2 is 1.85 bits per heavy atom. The lowest BCUT2D eigenvalue weighted by Crippen LogP contribution is -2.60. The van der Waals surface area contributed by atoms with Crippen molar-refractivity contribution in [2.24, 2.45) is 10.8 Å². The SMILES string of the molecule is CC(C)(C)CC(NC1CC(O)C1(C)C)c1ccccc1. The number of benzene rings is 1. The van der Waals surface area contributed by atoms with E-state index in [1.807, 2.05) is 0 Å². The first-order chi connectivity index (χ1) is 9.20. The number of rotatable bonds is 4. The molecule has 0 aliphatic heterocycles. The standard InChI is InChI=1S/C18H29NO/c1-17(2,3)12-14(13-9-7-6-8-10-13)19-15-11-16(20)18(15,4)5/h6-10,14-16,19-20H,11-12H2,1-5H3. The first-order valence-electron chi connectivity index (χ1n) is 7.69. The summed E-state index contributed by atoms with van der Waals surface area (Å²) in [5, 5.41) is 13.7. The fraction of sp³-hybridized carbons (Fsp3) is 0.667. The molecule has 1 aromatic rings. The van der Waals surface area contributed by atoms with E-state index in [1.165, 1.54) is 5.56 Å². The average molecular weight is 275 g/mol. The minimum Gasteiger partial charge on any atom is -0.392 e. The van der Waals surface area contributed by atoms with Crippen LogP contribution in [0.25, 0.3) is 0 Å². The van der Waals surface area contributed by atoms with E-state index in [0.29, 0.717) is 12.1 Å². The molecule has 1 aliphatic rings. The molecule has 1 fully saturated rings. The maximum absolute atomic E-state index is 9.92. The highest BCUT2D eigenvalue weighted by Crippen LogP contribution is 2.42. The Balaban J connectivity index is 2.12. The topological polar surface area (TPSA) is 32.3 Å². The second-order valence-corrected chi connectivity index (χ2v) is 8.02. The van der Waals surface area contributed by atoms with Gasteiger partial charge in [0, 0.05) is 17.5 Å². The molecule has 1 aliphatic carbocycles. The van der Waals surface area contributed by atoms with Crippen LogP contribution in [0.5, 0.6) is 0 Å². The van der Waals surface area contributed by atoms with Gasteiger partial charge < -0.3 is 10.4 Å². The smallest absolute Gasteiger partial charge is 0.0621 e. The van der Waals surface area contributed by atoms with Crippen LogP contribution in [0.4, 0.5) is 0 Å². The number of hydrogen-bond donors (Lipinski definition) is 2. The summed E-state index contributed by atoms with van der Waals surface area (Å²) in [7, 11) is 0. The Labute approximate surface area is 123 Å². The summed E-state index contributed by atoms with van der Waals surface area (Å²) >= 11 is 0. The van der Waals surface area contributed by atoms with Gasteiger partial charge in [-0.05, 0) is 23.8 Å². The molecule has 0 aromatic heterocycles. The van der Waals surface area contributed by atoms with Gasteiger partial charge in [-0.3, -0.25) is 0 Å². The van der Waals surface area contributed by atoms with Crippen molar-refractivity contribution in [3.8, 4) is 0 Å². The lowest BCUT2D eigenvalue weighted by Gasteiger charge is -2.51. The summed E-state index contributed by atoms with van der Waals surface area (Å²) in [5.41, 5.74) is 1.60. The number of nitrogens with one attached hydrogen (secondary N) is 1. The van der Waals surface area contributed by atoms with Crippen LogP contribution in [0.15, 0.2) is 30.3 Å². The molecule has 2 nitrogen and oxygen atoms in total. The molecule has 1 aromatic carbocycles. The van der Waals surface area contributed by atoms with Gasteiger partial charge in [0.25, 0.3) is 0 Å². The molecule has 2 rings (SSSR count). The molecule has 0 amide bonds. The largest absolute Gasteiger partial charge is 0.392 e. The zero-order valence-electron chi connectivity index (χ0n) is 13.5. The molecule has 2 N–H and O–H groups in total. The third-order valence-corrected chi connectivity index (χ3v) is 4.64. The molecule has 112 valence electrons. The van der Waals surface area contributed by atoms with Crippen molar-refractivity contribution in [1.29, 1.82) is 0 Å². The van der Waals surface area contributed by atoms with E-state index in [0.717, 1.165) is 12.8 Å². The molecule has 0 heterocycles. The molecule has 0 bridgehead atoms. The van der Waals surface area contributed by atoms with Crippen molar-refractivity contribution in [3.05, 3.63) is 35.9 Å². The van der Waals surface area contributed by atoms with Crippen molar-refractivity contribution >= 4 is 0 Å². The van der Waals surface area contributed by atoms with Gasteiger partial charge in [0.05, 0.1) is 6.10 Å². The lowest BCUT2D eigenvalue weighted by molar-refractivity contribution is -0.0772. The van der Waals surface area contributed by atoms with E-state index in [4.69, 9.17) is 0 Å². The van der Waals surface area contributed by atoms with E-state index < -0.39 is 0 Å². The highest BCUT2D eigenvalue weighted by atomic mass is 16.3. The van der Waals surface area contributed by atoms with Gasteiger partial charge in [-0.25, -0.2) is 0 Å². The molecule has 3 unspecified atom stereocenters. The first kappa shape index (κ1) is 15.5. The Kier molecular flexibility index (Phi) is 4.27. The molecular weight excluding hydrogens is 246 g/mol. The van der Waals surface area contributed by atoms with Gasteiger partial charge in [-0.15, -0.1) is 0 Å². The molecule has 0 spiro atoms. The van der Waals surface area contributed by atoms with Crippen molar-refractivity contribution in [2.45, 2.75) is 65.6 Å². The van der Waals surface area contributed by atoms with Crippen LogP contribution in [0.1, 0.15) is 59.1 Å². The minimum absolute atomic E-state index is 0.0229. The van der Waals surface area contributed by atoms with Crippen LogP contribution in [0, 0.1) is 10.8 Å². The maximum Gasteiger partial charge on any atom is 0.0621 e. The van der Waals surface area contributed by atoms with Crippen LogP contribution in [-0.4, -0.2) is 17.3 Å². The third kappa shape index (κ3) is 3.42. The van der Waals surface area contributed by atoms with E-state index >= 15 is 0 Å². The summed E-state index contributed by atoms with van der Waals surface area (Å²) in [6, 6.07) is 11.4. The predicted octanol–water partition coefficient (Wildman–Crippen LogP) is 3.91. The van der Waals surface area contributed by atoms with Crippen LogP contribution in [-0.2, 0) is 0 Å². The average Bonchev–Trinajstić information content (AvgIpc) is 2.37. The molecule has 20 heavy (non-hydrogen) atoms. The van der Waals surface area contributed by atoms with Gasteiger partial charge >= 0.3 is 0 Å². The Morgan fingerprint density at radius 1 is 1.25 bits per heavy atom. The zero-order valence-corrected chi connectivity index (χ0v) is 13.5. The Morgan fingerprint density at radius 3 is 2.30 bits per heavy atom. The minimum atomic E-state index is -0.175. The number of hydrogen-bond acceptors (Lipinski definition) is 2. The highest BCUT2D eigenvalue weighted by Gasteiger charge is 2.47. The maximum atomic E-state index is 9.92. The number of aliphatic hydroxyl groups is 1. The van der Waals surface area contributed by atoms with Crippen molar-refractivity contribution in [3.63, 3.8) is 0 Å². The zero-order chi connectivity index (χ0) is 15.0. The Hall–Kier alpha value is -0.860. The van der Waals surface area contributed by atoms with Crippen molar-refractivity contribution < 1.29 is 5.11 Å². The van der Waals surface area contributed by atoms with Crippen LogP contribution >= 0.6 is 0 Å². The quantitative estimate of drug-likeness (QED) is 0.873. The van der Waals surface area contributed by atoms with Crippen molar-refractivity contribution in [1.82, 2.24) is 5.32 Å². The van der Waals surface area contributed by atoms with Gasteiger partial charge in [-0.1, -0.05) is 65.0 Å². The fourth-order valence-electron chi connectivity index (χ4n) is 3.00. The third-order valence-electron chi connectivity index (χ3n) is 4.64. The number of aliphatic hydroxyl groups excluding tert-OH is 1. The Bertz CT molecular complexity index is 432. The van der Waals surface area contributed by atoms with E-state index in [-0.39, 0.29) is 16.9 Å². The molecule has 2 heteroatoms. The van der Waals surface area contributed by atoms with E-state index in [9.17, 15) is 5.11 Å². The summed E-state index contributed by atoms with van der Waals surface area (Å²) in [5.74, 6) is 0. The van der Waals surface area contributed by atoms with Crippen LogP contribution < -0.4 is 5.32 Å². The van der Waals surface area contributed by atoms with E-state index in [1.54, 1.807) is 0 Å². The van der Waals surface area contributed by atoms with Crippen LogP contribution in [0.3, 0.4) is 0 Å². The first-order valence-corrected chi connectivity index (χ1v) is 7.69. The molecule has 3 atom stereocenters. The molecule has 0 radical (unpaired) electrons. The fourth-order valence-corrected chi connectivity index (χ4v) is 3.00. The normalized spacial score (nSPS) is 26.9. The van der Waals surface area contributed by atoms with Crippen LogP contribution in [0.2, 0.25) is 0 Å². The summed E-state index contributed by atoms with van der Waals surface area (Å²) in [6.07, 6.45) is 1.78. The van der Waals surface area contributed by atoms with E-state index in [2.05, 4.69) is 70.3 Å². The second-order valence-electron chi connectivity index (χ2n) is 8.02. The molecule has 0 saturated heterocycles. The van der Waals surface area contributed by atoms with Crippen molar-refractivity contribution in [2.75, 3.05) is 0 Å². The second kappa shape index (κ2) is 5.50. The van der Waals surface area contributed by atoms with Gasteiger partial charge in [0.1, 0.15) is 0 Å². The lowest BCUT2D eigenvalue weighted by atomic mass is 9.64.